The van der Waals surface area contributed by atoms with Gasteiger partial charge in [-0.2, -0.15) is 0 Å². The largest absolute Gasteiger partial charge is 0.376 e. The summed E-state index contributed by atoms with van der Waals surface area (Å²) in [6.45, 7) is 10.8. The second-order valence-corrected chi connectivity index (χ2v) is 13.6. The third-order valence-corrected chi connectivity index (χ3v) is 10.1. The second-order valence-electron chi connectivity index (χ2n) is 13.6. The molecule has 250 valence electrons. The molecular formula is C36H45F3N8. The van der Waals surface area contributed by atoms with Gasteiger partial charge in [-0.1, -0.05) is 25.1 Å². The molecule has 0 amide bonds. The normalized spacial score (nSPS) is 27.3. The molecular weight excluding hydrogens is 601 g/mol. The zero-order chi connectivity index (χ0) is 32.7. The average Bonchev–Trinajstić information content (AvgIpc) is 3.59. The number of piperazine rings is 1. The monoisotopic (exact) mass is 646 g/mol. The van der Waals surface area contributed by atoms with E-state index in [4.69, 9.17) is 4.98 Å². The molecule has 5 saturated heterocycles. The van der Waals surface area contributed by atoms with Crippen molar-refractivity contribution in [2.24, 2.45) is 0 Å². The van der Waals surface area contributed by atoms with Crippen molar-refractivity contribution >= 4 is 22.3 Å². The van der Waals surface area contributed by atoms with E-state index in [1.165, 1.54) is 18.9 Å². The number of anilines is 1. The van der Waals surface area contributed by atoms with Crippen LogP contribution in [0.5, 0.6) is 0 Å². The van der Waals surface area contributed by atoms with Crippen LogP contribution in [0.25, 0.3) is 16.5 Å². The van der Waals surface area contributed by atoms with Gasteiger partial charge >= 0.3 is 0 Å². The molecule has 2 aromatic heterocycles. The SMILES string of the molecule is C=CC1CN1.CCc1nc(N2CC3CCC(C2)N3)c2cnc(C3=CN(C)Cc4cccc(F)c43)c(F)c2n1.FC1CC2CCCN2C1. The van der Waals surface area contributed by atoms with Crippen LogP contribution in [0.1, 0.15) is 61.7 Å². The van der Waals surface area contributed by atoms with E-state index in [1.54, 1.807) is 18.5 Å². The lowest BCUT2D eigenvalue weighted by Crippen LogP contribution is -2.51. The Morgan fingerprint density at radius 1 is 1.09 bits per heavy atom. The van der Waals surface area contributed by atoms with Gasteiger partial charge in [0, 0.05) is 93.9 Å². The van der Waals surface area contributed by atoms with Crippen molar-refractivity contribution in [1.29, 1.82) is 0 Å². The van der Waals surface area contributed by atoms with E-state index in [-0.39, 0.29) is 17.0 Å². The molecule has 0 radical (unpaired) electrons. The fourth-order valence-corrected chi connectivity index (χ4v) is 7.69. The van der Waals surface area contributed by atoms with E-state index in [2.05, 4.69) is 37.0 Å². The first-order valence-corrected chi connectivity index (χ1v) is 17.1. The number of rotatable bonds is 4. The molecule has 3 aromatic rings. The Labute approximate surface area is 275 Å². The number of benzene rings is 1. The lowest BCUT2D eigenvalue weighted by Gasteiger charge is -2.34. The fourth-order valence-electron chi connectivity index (χ4n) is 7.69. The first-order valence-electron chi connectivity index (χ1n) is 17.1. The van der Waals surface area contributed by atoms with Gasteiger partial charge in [-0.15, -0.1) is 6.58 Å². The van der Waals surface area contributed by atoms with Crippen LogP contribution in [0, 0.1) is 11.6 Å². The summed E-state index contributed by atoms with van der Waals surface area (Å²) >= 11 is 0. The average molecular weight is 647 g/mol. The molecule has 2 bridgehead atoms. The summed E-state index contributed by atoms with van der Waals surface area (Å²) < 4.78 is 43.5. The summed E-state index contributed by atoms with van der Waals surface area (Å²) in [5.74, 6) is 0.442. The minimum Gasteiger partial charge on any atom is -0.376 e. The first-order chi connectivity index (χ1) is 22.8. The summed E-state index contributed by atoms with van der Waals surface area (Å²) in [6, 6.07) is 7.08. The molecule has 1 aromatic carbocycles. The third kappa shape index (κ3) is 6.75. The van der Waals surface area contributed by atoms with Crippen LogP contribution in [0.2, 0.25) is 0 Å². The van der Waals surface area contributed by atoms with Crippen LogP contribution in [0.4, 0.5) is 19.0 Å². The molecule has 6 aliphatic rings. The van der Waals surface area contributed by atoms with Crippen LogP contribution in [0.15, 0.2) is 43.3 Å². The quantitative estimate of drug-likeness (QED) is 0.304. The number of fused-ring (bicyclic) bond motifs is 5. The molecule has 5 fully saturated rings. The minimum atomic E-state index is -0.528. The van der Waals surface area contributed by atoms with Crippen LogP contribution in [-0.2, 0) is 13.0 Å². The Kier molecular flexibility index (Phi) is 9.22. The molecule has 8 heterocycles. The lowest BCUT2D eigenvalue weighted by atomic mass is 9.93. The third-order valence-electron chi connectivity index (χ3n) is 10.1. The minimum absolute atomic E-state index is 0.118. The number of hydrogen-bond acceptors (Lipinski definition) is 8. The Morgan fingerprint density at radius 2 is 1.87 bits per heavy atom. The molecule has 0 aliphatic carbocycles. The summed E-state index contributed by atoms with van der Waals surface area (Å²) in [6.07, 6.45) is 11.0. The predicted octanol–water partition coefficient (Wildman–Crippen LogP) is 4.98. The van der Waals surface area contributed by atoms with Crippen molar-refractivity contribution in [1.82, 2.24) is 35.4 Å². The van der Waals surface area contributed by atoms with Crippen LogP contribution >= 0.6 is 0 Å². The van der Waals surface area contributed by atoms with Gasteiger partial charge in [0.25, 0.3) is 0 Å². The van der Waals surface area contributed by atoms with E-state index >= 15 is 4.39 Å². The highest BCUT2D eigenvalue weighted by atomic mass is 19.1. The van der Waals surface area contributed by atoms with Crippen molar-refractivity contribution in [2.75, 3.05) is 44.7 Å². The molecule has 11 heteroatoms. The molecule has 0 saturated carbocycles. The Bertz CT molecular complexity index is 1630. The van der Waals surface area contributed by atoms with Crippen molar-refractivity contribution in [3.63, 3.8) is 0 Å². The molecule has 5 atom stereocenters. The first kappa shape index (κ1) is 32.0. The zero-order valence-electron chi connectivity index (χ0n) is 27.4. The maximum Gasteiger partial charge on any atom is 0.175 e. The van der Waals surface area contributed by atoms with Crippen molar-refractivity contribution in [2.45, 2.75) is 82.3 Å². The standard InChI is InChI=1S/C25H26F2N6.C7H12FN.C4H7N/c1-3-20-30-24-17(25(31-20)33-11-15-7-8-16(12-33)29-15)9-28-23(22(24)27)18-13-32(2)10-14-5-4-6-19(26)21(14)18;8-6-4-7-2-1-3-9(7)5-6;1-2-4-3-5-4/h4-6,9,13,15-16,29H,3,7-8,10-12H2,1-2H3;6-7H,1-5H2;2,4-5H,1,3H2. The molecule has 47 heavy (non-hydrogen) atoms. The fraction of sp³-hybridized carbons (Fsp3) is 0.528. The maximum absolute atomic E-state index is 16.1. The van der Waals surface area contributed by atoms with E-state index in [9.17, 15) is 8.78 Å². The summed E-state index contributed by atoms with van der Waals surface area (Å²) in [5.41, 5.74) is 2.03. The molecule has 5 unspecified atom stereocenters. The highest BCUT2D eigenvalue weighted by Gasteiger charge is 2.35. The summed E-state index contributed by atoms with van der Waals surface area (Å²) in [4.78, 5) is 20.3. The van der Waals surface area contributed by atoms with Crippen LogP contribution in [0.3, 0.4) is 0 Å². The van der Waals surface area contributed by atoms with Gasteiger partial charge < -0.3 is 20.4 Å². The summed E-state index contributed by atoms with van der Waals surface area (Å²) in [7, 11) is 1.89. The number of alkyl halides is 1. The molecule has 6 aliphatic heterocycles. The van der Waals surface area contributed by atoms with Crippen molar-refractivity contribution in [3.05, 3.63) is 77.5 Å². The van der Waals surface area contributed by atoms with E-state index < -0.39 is 12.0 Å². The maximum atomic E-state index is 16.1. The highest BCUT2D eigenvalue weighted by molar-refractivity contribution is 5.93. The molecule has 2 N–H and O–H groups in total. The van der Waals surface area contributed by atoms with Gasteiger partial charge in [0.15, 0.2) is 5.82 Å². The van der Waals surface area contributed by atoms with Gasteiger partial charge in [-0.3, -0.25) is 9.88 Å². The van der Waals surface area contributed by atoms with E-state index in [0.717, 1.165) is 56.8 Å². The topological polar surface area (TPSA) is 82.4 Å². The number of halogens is 3. The number of pyridine rings is 1. The van der Waals surface area contributed by atoms with Gasteiger partial charge in [0.1, 0.15) is 34.8 Å². The summed E-state index contributed by atoms with van der Waals surface area (Å²) in [5, 5.41) is 7.30. The van der Waals surface area contributed by atoms with Crippen LogP contribution < -0.4 is 15.5 Å². The van der Waals surface area contributed by atoms with Gasteiger partial charge in [-0.25, -0.2) is 23.1 Å². The second kappa shape index (κ2) is 13.5. The number of nitrogens with zero attached hydrogens (tertiary/aromatic N) is 6. The van der Waals surface area contributed by atoms with Crippen LogP contribution in [-0.4, -0.2) is 94.9 Å². The Morgan fingerprint density at radius 3 is 2.55 bits per heavy atom. The number of aryl methyl sites for hydroxylation is 1. The van der Waals surface area contributed by atoms with Crippen molar-refractivity contribution in [3.8, 4) is 0 Å². The number of aromatic nitrogens is 3. The smallest absolute Gasteiger partial charge is 0.175 e. The Hall–Kier alpha value is -3.54. The van der Waals surface area contributed by atoms with Gasteiger partial charge in [0.05, 0.1) is 5.39 Å². The number of nitrogens with one attached hydrogen (secondary N) is 2. The Balaban J connectivity index is 0.000000205. The predicted molar refractivity (Wildman–Crippen MR) is 180 cm³/mol. The molecule has 8 nitrogen and oxygen atoms in total. The lowest BCUT2D eigenvalue weighted by molar-refractivity contribution is 0.292. The highest BCUT2D eigenvalue weighted by Crippen LogP contribution is 2.37. The van der Waals surface area contributed by atoms with Gasteiger partial charge in [0.2, 0.25) is 0 Å². The van der Waals surface area contributed by atoms with E-state index in [1.807, 2.05) is 31.0 Å². The molecule has 9 rings (SSSR count). The zero-order valence-corrected chi connectivity index (χ0v) is 27.4. The van der Waals surface area contributed by atoms with Crippen molar-refractivity contribution < 1.29 is 13.2 Å². The molecule has 0 spiro atoms. The van der Waals surface area contributed by atoms with Gasteiger partial charge in [-0.05, 0) is 50.3 Å². The number of hydrogen-bond donors (Lipinski definition) is 2. The van der Waals surface area contributed by atoms with E-state index in [0.29, 0.717) is 66.0 Å².